The molecule has 9 aromatic rings. The van der Waals surface area contributed by atoms with Crippen LogP contribution >= 0.6 is 0 Å². The van der Waals surface area contributed by atoms with Gasteiger partial charge in [-0.05, 0) is 157 Å². The molecule has 0 amide bonds. The van der Waals surface area contributed by atoms with Crippen molar-refractivity contribution >= 4 is 17.1 Å². The Kier molecular flexibility index (Phi) is 8.16. The van der Waals surface area contributed by atoms with Gasteiger partial charge in [0.25, 0.3) is 0 Å². The zero-order valence-corrected chi connectivity index (χ0v) is 32.5. The van der Waals surface area contributed by atoms with E-state index in [1.165, 1.54) is 11.1 Å². The van der Waals surface area contributed by atoms with E-state index in [1.807, 2.05) is 12.1 Å². The number of nitriles is 2. The summed E-state index contributed by atoms with van der Waals surface area (Å²) in [5, 5.41) is 20.4. The molecule has 0 bridgehead atoms. The van der Waals surface area contributed by atoms with Crippen LogP contribution in [-0.2, 0) is 5.41 Å². The number of benzene rings is 9. The zero-order chi connectivity index (χ0) is 40.2. The topological polar surface area (TPSA) is 50.8 Å². The molecule has 0 N–H and O–H groups in total. The largest absolute Gasteiger partial charge is 0.310 e. The van der Waals surface area contributed by atoms with Crippen molar-refractivity contribution in [2.75, 3.05) is 4.90 Å². The third-order valence-electron chi connectivity index (χ3n) is 12.3. The van der Waals surface area contributed by atoms with Gasteiger partial charge in [0.05, 0.1) is 28.7 Å². The van der Waals surface area contributed by atoms with Crippen LogP contribution in [0.25, 0.3) is 55.6 Å². The minimum Gasteiger partial charge on any atom is -0.310 e. The molecule has 1 spiro atoms. The number of hydrogen-bond acceptors (Lipinski definition) is 3. The Morgan fingerprint density at radius 3 is 1.32 bits per heavy atom. The van der Waals surface area contributed by atoms with E-state index in [0.717, 1.165) is 83.8 Å². The molecule has 0 atom stereocenters. The van der Waals surface area contributed by atoms with Crippen LogP contribution < -0.4 is 4.90 Å². The first kappa shape index (κ1) is 35.0. The molecule has 2 aliphatic carbocycles. The molecule has 0 unspecified atom stereocenters. The van der Waals surface area contributed by atoms with Crippen LogP contribution in [0.5, 0.6) is 0 Å². The van der Waals surface area contributed by atoms with Gasteiger partial charge >= 0.3 is 0 Å². The third-order valence-corrected chi connectivity index (χ3v) is 12.3. The molecule has 0 aromatic heterocycles. The summed E-state index contributed by atoms with van der Waals surface area (Å²) in [6.07, 6.45) is 0. The van der Waals surface area contributed by atoms with Crippen LogP contribution in [-0.4, -0.2) is 0 Å². The van der Waals surface area contributed by atoms with Crippen LogP contribution in [0.15, 0.2) is 212 Å². The molecule has 0 heterocycles. The summed E-state index contributed by atoms with van der Waals surface area (Å²) in [5.74, 6) is 0. The second-order valence-electron chi connectivity index (χ2n) is 15.5. The van der Waals surface area contributed by atoms with Crippen molar-refractivity contribution < 1.29 is 0 Å². The molecule has 0 saturated carbocycles. The van der Waals surface area contributed by atoms with Crippen LogP contribution in [0.1, 0.15) is 33.4 Å². The molecule has 0 aliphatic heterocycles. The van der Waals surface area contributed by atoms with Gasteiger partial charge in [-0.25, -0.2) is 0 Å². The number of rotatable bonds is 6. The third kappa shape index (κ3) is 5.42. The second-order valence-corrected chi connectivity index (χ2v) is 15.5. The van der Waals surface area contributed by atoms with Crippen molar-refractivity contribution in [2.45, 2.75) is 5.41 Å². The van der Waals surface area contributed by atoms with Crippen LogP contribution in [0.3, 0.4) is 0 Å². The van der Waals surface area contributed by atoms with Gasteiger partial charge in [0.15, 0.2) is 0 Å². The van der Waals surface area contributed by atoms with E-state index < -0.39 is 5.41 Å². The van der Waals surface area contributed by atoms with E-state index in [0.29, 0.717) is 11.1 Å². The highest BCUT2D eigenvalue weighted by Crippen LogP contribution is 2.63. The Hall–Kier alpha value is -8.24. The molecule has 0 fully saturated rings. The Labute approximate surface area is 350 Å². The summed E-state index contributed by atoms with van der Waals surface area (Å²) < 4.78 is 0. The van der Waals surface area contributed by atoms with Gasteiger partial charge in [0.2, 0.25) is 0 Å². The molecule has 3 nitrogen and oxygen atoms in total. The van der Waals surface area contributed by atoms with E-state index in [2.05, 4.69) is 217 Å². The maximum absolute atomic E-state index is 10.2. The second kappa shape index (κ2) is 14.0. The lowest BCUT2D eigenvalue weighted by molar-refractivity contribution is 0.793. The quantitative estimate of drug-likeness (QED) is 0.170. The average molecular weight is 762 g/mol. The molecular formula is C57H35N3. The predicted octanol–water partition coefficient (Wildman–Crippen LogP) is 14.2. The first-order chi connectivity index (χ1) is 29.6. The zero-order valence-electron chi connectivity index (χ0n) is 32.5. The maximum Gasteiger partial charge on any atom is 0.0991 e. The van der Waals surface area contributed by atoms with E-state index in [4.69, 9.17) is 0 Å². The first-order valence-electron chi connectivity index (χ1n) is 20.2. The SMILES string of the molecule is N#Cc1ccc2c(c1)C1(c3ccccc3-c3ccc(N(c4ccccc4)c4cccc(-c5cc(-c6ccccc6)cc(-c6ccccc6)c5)c4)cc31)c1cc(C#N)ccc1-2. The molecular weight excluding hydrogens is 727 g/mol. The first-order valence-corrected chi connectivity index (χ1v) is 20.2. The lowest BCUT2D eigenvalue weighted by Gasteiger charge is -2.32. The summed E-state index contributed by atoms with van der Waals surface area (Å²) in [7, 11) is 0. The van der Waals surface area contributed by atoms with Crippen molar-refractivity contribution in [3.8, 4) is 67.8 Å². The van der Waals surface area contributed by atoms with Gasteiger partial charge in [-0.1, -0.05) is 133 Å². The highest BCUT2D eigenvalue weighted by Gasteiger charge is 2.52. The van der Waals surface area contributed by atoms with E-state index >= 15 is 0 Å². The summed E-state index contributed by atoms with van der Waals surface area (Å²) >= 11 is 0. The summed E-state index contributed by atoms with van der Waals surface area (Å²) in [5.41, 5.74) is 19.4. The van der Waals surface area contributed by atoms with Gasteiger partial charge < -0.3 is 4.90 Å². The lowest BCUT2D eigenvalue weighted by atomic mass is 9.70. The summed E-state index contributed by atoms with van der Waals surface area (Å²) in [4.78, 5) is 2.34. The number of hydrogen-bond donors (Lipinski definition) is 0. The van der Waals surface area contributed by atoms with Crippen molar-refractivity contribution in [3.63, 3.8) is 0 Å². The Morgan fingerprint density at radius 2 is 0.733 bits per heavy atom. The van der Waals surface area contributed by atoms with Gasteiger partial charge in [-0.2, -0.15) is 10.5 Å². The molecule has 3 heteroatoms. The summed E-state index contributed by atoms with van der Waals surface area (Å²) in [6.45, 7) is 0. The monoisotopic (exact) mass is 761 g/mol. The molecule has 2 aliphatic rings. The predicted molar refractivity (Wildman–Crippen MR) is 243 cm³/mol. The van der Waals surface area contributed by atoms with Crippen molar-refractivity contribution in [2.24, 2.45) is 0 Å². The molecule has 9 aromatic carbocycles. The molecule has 60 heavy (non-hydrogen) atoms. The van der Waals surface area contributed by atoms with Crippen molar-refractivity contribution in [1.29, 1.82) is 10.5 Å². The Morgan fingerprint density at radius 1 is 0.300 bits per heavy atom. The Bertz CT molecular complexity index is 3100. The fourth-order valence-electron chi connectivity index (χ4n) is 9.69. The van der Waals surface area contributed by atoms with E-state index in [1.54, 1.807) is 0 Å². The maximum atomic E-state index is 10.2. The number of fused-ring (bicyclic) bond motifs is 10. The normalized spacial score (nSPS) is 12.4. The highest BCUT2D eigenvalue weighted by atomic mass is 15.1. The van der Waals surface area contributed by atoms with E-state index in [9.17, 15) is 10.5 Å². The number of nitrogens with zero attached hydrogens (tertiary/aromatic N) is 3. The number of para-hydroxylation sites is 1. The van der Waals surface area contributed by atoms with Crippen molar-refractivity contribution in [1.82, 2.24) is 0 Å². The van der Waals surface area contributed by atoms with Crippen LogP contribution in [0.4, 0.5) is 17.1 Å². The van der Waals surface area contributed by atoms with E-state index in [-0.39, 0.29) is 0 Å². The smallest absolute Gasteiger partial charge is 0.0991 e. The van der Waals surface area contributed by atoms with Crippen LogP contribution in [0.2, 0.25) is 0 Å². The van der Waals surface area contributed by atoms with Crippen molar-refractivity contribution in [3.05, 3.63) is 246 Å². The summed E-state index contributed by atoms with van der Waals surface area (Å²) in [6, 6.07) is 79.8. The van der Waals surface area contributed by atoms with Crippen LogP contribution in [0, 0.1) is 22.7 Å². The molecule has 0 saturated heterocycles. The van der Waals surface area contributed by atoms with Gasteiger partial charge in [0, 0.05) is 17.1 Å². The highest BCUT2D eigenvalue weighted by molar-refractivity contribution is 5.97. The molecule has 278 valence electrons. The van der Waals surface area contributed by atoms with Gasteiger partial charge in [0.1, 0.15) is 0 Å². The van der Waals surface area contributed by atoms with Gasteiger partial charge in [-0.15, -0.1) is 0 Å². The number of anilines is 3. The lowest BCUT2D eigenvalue weighted by Crippen LogP contribution is -2.26. The van der Waals surface area contributed by atoms with Gasteiger partial charge in [-0.3, -0.25) is 0 Å². The fraction of sp³-hybridized carbons (Fsp3) is 0.0175. The molecule has 0 radical (unpaired) electrons. The average Bonchev–Trinajstić information content (AvgIpc) is 3.78. The standard InChI is InChI=1S/C57H35N3/c58-36-38-23-26-50-51-27-24-39(37-59)30-55(51)57(54(50)29-38)53-22-11-10-21-49(53)52-28-25-48(35-56(52)57)60(46-18-8-3-9-19-46)47-20-12-17-42(34-47)45-32-43(40-13-4-1-5-14-40)31-44(33-45)41-15-6-2-7-16-41/h1-35H. The minimum absolute atomic E-state index is 0.609. The fourth-order valence-corrected chi connectivity index (χ4v) is 9.69. The minimum atomic E-state index is -0.734. The molecule has 11 rings (SSSR count). The Balaban J connectivity index is 1.13.